The lowest BCUT2D eigenvalue weighted by Gasteiger charge is -2.20. The minimum Gasteiger partial charge on any atom is -0.395 e. The van der Waals surface area contributed by atoms with Crippen LogP contribution in [0.15, 0.2) is 46.7 Å². The SMILES string of the molecule is Cc1ccc(S(=O)(=O)N(CCO)CCc2ccccc2)s1. The van der Waals surface area contributed by atoms with Crippen molar-refractivity contribution in [3.63, 3.8) is 0 Å². The van der Waals surface area contributed by atoms with E-state index in [2.05, 4.69) is 0 Å². The average molecular weight is 325 g/mol. The number of hydrogen-bond donors (Lipinski definition) is 1. The second-order valence-electron chi connectivity index (χ2n) is 4.73. The molecule has 0 saturated heterocycles. The number of benzene rings is 1. The van der Waals surface area contributed by atoms with Crippen LogP contribution in [0.2, 0.25) is 0 Å². The quantitative estimate of drug-likeness (QED) is 0.850. The van der Waals surface area contributed by atoms with Crippen LogP contribution in [0.5, 0.6) is 0 Å². The molecule has 6 heteroatoms. The highest BCUT2D eigenvalue weighted by Gasteiger charge is 2.25. The first-order valence-corrected chi connectivity index (χ1v) is 9.01. The van der Waals surface area contributed by atoms with Gasteiger partial charge in [0.15, 0.2) is 0 Å². The predicted molar refractivity (Wildman–Crippen MR) is 85.0 cm³/mol. The molecule has 21 heavy (non-hydrogen) atoms. The van der Waals surface area contributed by atoms with Crippen molar-refractivity contribution in [3.8, 4) is 0 Å². The standard InChI is InChI=1S/C15H19NO3S2/c1-13-7-8-15(20-13)21(18,19)16(11-12-17)10-9-14-5-3-2-4-6-14/h2-8,17H,9-12H2,1H3. The lowest BCUT2D eigenvalue weighted by Crippen LogP contribution is -2.34. The Kier molecular flexibility index (Phi) is 5.52. The van der Waals surface area contributed by atoms with Gasteiger partial charge < -0.3 is 5.11 Å². The van der Waals surface area contributed by atoms with E-state index in [0.717, 1.165) is 10.4 Å². The highest BCUT2D eigenvalue weighted by Crippen LogP contribution is 2.24. The molecule has 2 rings (SSSR count). The average Bonchev–Trinajstić information content (AvgIpc) is 2.92. The molecule has 114 valence electrons. The highest BCUT2D eigenvalue weighted by atomic mass is 32.2. The van der Waals surface area contributed by atoms with Gasteiger partial charge in [0, 0.05) is 18.0 Å². The summed E-state index contributed by atoms with van der Waals surface area (Å²) in [7, 11) is -3.52. The van der Waals surface area contributed by atoms with Crippen molar-refractivity contribution in [1.29, 1.82) is 0 Å². The molecule has 0 aliphatic carbocycles. The van der Waals surface area contributed by atoms with Crippen molar-refractivity contribution >= 4 is 21.4 Å². The number of hydrogen-bond acceptors (Lipinski definition) is 4. The van der Waals surface area contributed by atoms with E-state index in [1.165, 1.54) is 15.6 Å². The van der Waals surface area contributed by atoms with Gasteiger partial charge in [-0.05, 0) is 31.0 Å². The fourth-order valence-electron chi connectivity index (χ4n) is 2.04. The maximum Gasteiger partial charge on any atom is 0.252 e. The Morgan fingerprint density at radius 3 is 2.38 bits per heavy atom. The summed E-state index contributed by atoms with van der Waals surface area (Å²) in [4.78, 5) is 0.959. The number of thiophene rings is 1. The maximum atomic E-state index is 12.6. The topological polar surface area (TPSA) is 57.6 Å². The second-order valence-corrected chi connectivity index (χ2v) is 8.18. The Balaban J connectivity index is 2.14. The third kappa shape index (κ3) is 4.14. The lowest BCUT2D eigenvalue weighted by molar-refractivity contribution is 0.254. The molecule has 0 radical (unpaired) electrons. The molecule has 0 aliphatic heterocycles. The summed E-state index contributed by atoms with van der Waals surface area (Å²) >= 11 is 1.26. The monoisotopic (exact) mass is 325 g/mol. The van der Waals surface area contributed by atoms with Crippen LogP contribution in [0.3, 0.4) is 0 Å². The molecule has 4 nitrogen and oxygen atoms in total. The number of rotatable bonds is 7. The first kappa shape index (κ1) is 16.2. The normalized spacial score (nSPS) is 12.0. The molecule has 1 aromatic carbocycles. The van der Waals surface area contributed by atoms with E-state index in [9.17, 15) is 8.42 Å². The van der Waals surface area contributed by atoms with Crippen molar-refractivity contribution in [2.75, 3.05) is 19.7 Å². The van der Waals surface area contributed by atoms with Crippen LogP contribution in [0.1, 0.15) is 10.4 Å². The molecule has 0 amide bonds. The molecule has 1 heterocycles. The fraction of sp³-hybridized carbons (Fsp3) is 0.333. The lowest BCUT2D eigenvalue weighted by atomic mass is 10.1. The van der Waals surface area contributed by atoms with Crippen molar-refractivity contribution in [2.45, 2.75) is 17.6 Å². The number of aliphatic hydroxyl groups excluding tert-OH is 1. The zero-order valence-electron chi connectivity index (χ0n) is 11.9. The third-order valence-electron chi connectivity index (χ3n) is 3.15. The highest BCUT2D eigenvalue weighted by molar-refractivity contribution is 7.91. The van der Waals surface area contributed by atoms with Gasteiger partial charge in [0.1, 0.15) is 4.21 Å². The zero-order chi connectivity index (χ0) is 15.3. The summed E-state index contributed by atoms with van der Waals surface area (Å²) in [5.74, 6) is 0. The first-order chi connectivity index (χ1) is 10.0. The second kappa shape index (κ2) is 7.17. The maximum absolute atomic E-state index is 12.6. The Labute approximate surface area is 129 Å². The minimum atomic E-state index is -3.52. The molecule has 0 unspecified atom stereocenters. The van der Waals surface area contributed by atoms with Crippen LogP contribution in [-0.2, 0) is 16.4 Å². The molecule has 0 bridgehead atoms. The van der Waals surface area contributed by atoms with E-state index in [1.54, 1.807) is 12.1 Å². The number of sulfonamides is 1. The van der Waals surface area contributed by atoms with Crippen molar-refractivity contribution in [3.05, 3.63) is 52.9 Å². The van der Waals surface area contributed by atoms with Gasteiger partial charge in [0.05, 0.1) is 6.61 Å². The first-order valence-electron chi connectivity index (χ1n) is 6.75. The van der Waals surface area contributed by atoms with Crippen molar-refractivity contribution < 1.29 is 13.5 Å². The van der Waals surface area contributed by atoms with Gasteiger partial charge in [-0.1, -0.05) is 30.3 Å². The largest absolute Gasteiger partial charge is 0.395 e. The Morgan fingerprint density at radius 2 is 1.81 bits per heavy atom. The molecule has 0 fully saturated rings. The fourth-order valence-corrected chi connectivity index (χ4v) is 4.91. The van der Waals surface area contributed by atoms with Crippen LogP contribution in [0.25, 0.3) is 0 Å². The van der Waals surface area contributed by atoms with Crippen LogP contribution in [-0.4, -0.2) is 37.5 Å². The number of aryl methyl sites for hydroxylation is 1. The van der Waals surface area contributed by atoms with Crippen LogP contribution in [0, 0.1) is 6.92 Å². The molecular weight excluding hydrogens is 306 g/mol. The molecular formula is C15H19NO3S2. The van der Waals surface area contributed by atoms with Gasteiger partial charge in [-0.3, -0.25) is 0 Å². The molecule has 2 aromatic rings. The molecule has 0 spiro atoms. The minimum absolute atomic E-state index is 0.117. The summed E-state index contributed by atoms with van der Waals surface area (Å²) in [6.45, 7) is 2.18. The number of nitrogens with zero attached hydrogens (tertiary/aromatic N) is 1. The third-order valence-corrected chi connectivity index (χ3v) is 6.52. The van der Waals surface area contributed by atoms with Crippen LogP contribution in [0.4, 0.5) is 0 Å². The molecule has 1 N–H and O–H groups in total. The van der Waals surface area contributed by atoms with Gasteiger partial charge in [-0.25, -0.2) is 8.42 Å². The van der Waals surface area contributed by atoms with Gasteiger partial charge in [-0.2, -0.15) is 4.31 Å². The molecule has 1 aromatic heterocycles. The van der Waals surface area contributed by atoms with E-state index >= 15 is 0 Å². The molecule has 0 atom stereocenters. The Bertz CT molecular complexity index is 665. The van der Waals surface area contributed by atoms with Crippen molar-refractivity contribution in [2.24, 2.45) is 0 Å². The van der Waals surface area contributed by atoms with Gasteiger partial charge in [-0.15, -0.1) is 11.3 Å². The summed E-state index contributed by atoms with van der Waals surface area (Å²) in [5, 5.41) is 9.15. The van der Waals surface area contributed by atoms with E-state index in [0.29, 0.717) is 17.2 Å². The molecule has 0 aliphatic rings. The van der Waals surface area contributed by atoms with E-state index < -0.39 is 10.0 Å². The molecule has 0 saturated carbocycles. The smallest absolute Gasteiger partial charge is 0.252 e. The van der Waals surface area contributed by atoms with Gasteiger partial charge in [0.25, 0.3) is 10.0 Å². The van der Waals surface area contributed by atoms with Gasteiger partial charge >= 0.3 is 0 Å². The summed E-state index contributed by atoms with van der Waals surface area (Å²) in [6, 6.07) is 13.2. The Hall–Kier alpha value is -1.21. The zero-order valence-corrected chi connectivity index (χ0v) is 13.5. The van der Waals surface area contributed by atoms with Crippen molar-refractivity contribution in [1.82, 2.24) is 4.31 Å². The van der Waals surface area contributed by atoms with E-state index in [1.807, 2.05) is 37.3 Å². The summed E-state index contributed by atoms with van der Waals surface area (Å²) in [5.41, 5.74) is 1.08. The summed E-state index contributed by atoms with van der Waals surface area (Å²) in [6.07, 6.45) is 0.629. The summed E-state index contributed by atoms with van der Waals surface area (Å²) < 4.78 is 26.9. The van der Waals surface area contributed by atoms with E-state index in [-0.39, 0.29) is 13.2 Å². The van der Waals surface area contributed by atoms with Crippen LogP contribution < -0.4 is 0 Å². The number of aliphatic hydroxyl groups is 1. The van der Waals surface area contributed by atoms with Gasteiger partial charge in [0.2, 0.25) is 0 Å². The predicted octanol–water partition coefficient (Wildman–Crippen LogP) is 2.28. The van der Waals surface area contributed by atoms with E-state index in [4.69, 9.17) is 5.11 Å². The Morgan fingerprint density at radius 1 is 1.10 bits per heavy atom. The van der Waals surface area contributed by atoms with Crippen LogP contribution >= 0.6 is 11.3 Å².